The lowest BCUT2D eigenvalue weighted by Crippen LogP contribution is -2.32. The average molecular weight is 287 g/mol. The van der Waals surface area contributed by atoms with Crippen LogP contribution in [0.1, 0.15) is 19.0 Å². The van der Waals surface area contributed by atoms with Gasteiger partial charge in [0.25, 0.3) is 0 Å². The van der Waals surface area contributed by atoms with Gasteiger partial charge in [0.1, 0.15) is 5.65 Å². The zero-order valence-electron chi connectivity index (χ0n) is 13.2. The van der Waals surface area contributed by atoms with Gasteiger partial charge in [-0.1, -0.05) is 6.07 Å². The van der Waals surface area contributed by atoms with Crippen molar-refractivity contribution in [1.82, 2.24) is 14.3 Å². The molecule has 2 aromatic heterocycles. The van der Waals surface area contributed by atoms with Crippen LogP contribution < -0.4 is 10.6 Å². The normalized spacial score (nSPS) is 20.6. The highest BCUT2D eigenvalue weighted by molar-refractivity contribution is 5.56. The van der Waals surface area contributed by atoms with Gasteiger partial charge in [0.2, 0.25) is 0 Å². The summed E-state index contributed by atoms with van der Waals surface area (Å²) in [5.41, 5.74) is 8.30. The van der Waals surface area contributed by atoms with Crippen LogP contribution in [0.15, 0.2) is 24.4 Å². The van der Waals surface area contributed by atoms with Crippen molar-refractivity contribution in [2.45, 2.75) is 31.8 Å². The van der Waals surface area contributed by atoms with E-state index in [2.05, 4.69) is 53.5 Å². The van der Waals surface area contributed by atoms with Gasteiger partial charge in [-0.05, 0) is 39.6 Å². The summed E-state index contributed by atoms with van der Waals surface area (Å²) >= 11 is 0. The Morgan fingerprint density at radius 1 is 1.43 bits per heavy atom. The van der Waals surface area contributed by atoms with E-state index in [1.807, 2.05) is 6.07 Å². The molecule has 0 amide bonds. The minimum absolute atomic E-state index is 0.135. The van der Waals surface area contributed by atoms with Gasteiger partial charge in [-0.2, -0.15) is 0 Å². The molecule has 1 aliphatic rings. The lowest BCUT2D eigenvalue weighted by Gasteiger charge is -2.21. The Bertz CT molecular complexity index is 616. The van der Waals surface area contributed by atoms with Crippen molar-refractivity contribution in [1.29, 1.82) is 0 Å². The largest absolute Gasteiger partial charge is 0.353 e. The second-order valence-electron chi connectivity index (χ2n) is 6.34. The summed E-state index contributed by atoms with van der Waals surface area (Å²) in [7, 11) is 4.31. The highest BCUT2D eigenvalue weighted by Gasteiger charge is 2.28. The van der Waals surface area contributed by atoms with Gasteiger partial charge in [-0.3, -0.25) is 0 Å². The van der Waals surface area contributed by atoms with E-state index in [0.717, 1.165) is 31.0 Å². The maximum Gasteiger partial charge on any atom is 0.151 e. The van der Waals surface area contributed by atoms with Gasteiger partial charge >= 0.3 is 0 Å². The molecule has 1 aliphatic heterocycles. The van der Waals surface area contributed by atoms with E-state index < -0.39 is 0 Å². The molecule has 0 bridgehead atoms. The van der Waals surface area contributed by atoms with E-state index in [-0.39, 0.29) is 6.04 Å². The summed E-state index contributed by atoms with van der Waals surface area (Å²) in [5.74, 6) is 1.11. The van der Waals surface area contributed by atoms with E-state index in [4.69, 9.17) is 10.7 Å². The minimum atomic E-state index is 0.135. The summed E-state index contributed by atoms with van der Waals surface area (Å²) in [6, 6.07) is 6.90. The Hall–Kier alpha value is -1.59. The van der Waals surface area contributed by atoms with Crippen LogP contribution in [0.3, 0.4) is 0 Å². The number of pyridine rings is 1. The number of anilines is 1. The molecule has 0 radical (unpaired) electrons. The average Bonchev–Trinajstić information content (AvgIpc) is 3.03. The molecule has 1 saturated heterocycles. The molecule has 3 heterocycles. The lowest BCUT2D eigenvalue weighted by molar-refractivity contribution is 0.315. The van der Waals surface area contributed by atoms with Crippen LogP contribution in [0.4, 0.5) is 5.82 Å². The van der Waals surface area contributed by atoms with Crippen molar-refractivity contribution < 1.29 is 0 Å². The molecule has 5 heteroatoms. The third kappa shape index (κ3) is 2.76. The number of hydrogen-bond acceptors (Lipinski definition) is 4. The summed E-state index contributed by atoms with van der Waals surface area (Å²) in [4.78, 5) is 9.57. The topological polar surface area (TPSA) is 49.8 Å². The van der Waals surface area contributed by atoms with Gasteiger partial charge < -0.3 is 19.9 Å². The highest BCUT2D eigenvalue weighted by atomic mass is 15.3. The van der Waals surface area contributed by atoms with Crippen molar-refractivity contribution >= 4 is 11.5 Å². The van der Waals surface area contributed by atoms with E-state index in [1.54, 1.807) is 0 Å². The number of nitrogens with zero attached hydrogens (tertiary/aromatic N) is 4. The molecule has 0 spiro atoms. The first-order valence-corrected chi connectivity index (χ1v) is 7.69. The molecule has 114 valence electrons. The van der Waals surface area contributed by atoms with Crippen molar-refractivity contribution in [2.75, 3.05) is 32.1 Å². The molecular formula is C16H25N5. The standard InChI is InChI=1S/C16H25N5/c1-12(17)10-14-16(18-15-6-4-5-8-21(14)15)20-9-7-13(11-20)19(2)3/h4-6,8,12-13H,7,9-11,17H2,1-3H3. The van der Waals surface area contributed by atoms with Crippen LogP contribution >= 0.6 is 0 Å². The molecule has 2 atom stereocenters. The van der Waals surface area contributed by atoms with Crippen LogP contribution in [0, 0.1) is 0 Å². The number of imidazole rings is 1. The maximum atomic E-state index is 6.05. The van der Waals surface area contributed by atoms with Crippen molar-refractivity contribution in [3.05, 3.63) is 30.1 Å². The number of rotatable bonds is 4. The Morgan fingerprint density at radius 2 is 2.24 bits per heavy atom. The van der Waals surface area contributed by atoms with E-state index in [9.17, 15) is 0 Å². The molecule has 21 heavy (non-hydrogen) atoms. The predicted molar refractivity (Wildman–Crippen MR) is 86.9 cm³/mol. The Kier molecular flexibility index (Phi) is 3.87. The lowest BCUT2D eigenvalue weighted by atomic mass is 10.2. The molecule has 2 unspecified atom stereocenters. The van der Waals surface area contributed by atoms with Gasteiger partial charge in [-0.15, -0.1) is 0 Å². The van der Waals surface area contributed by atoms with Gasteiger partial charge in [0.05, 0.1) is 5.69 Å². The Labute approximate surface area is 126 Å². The first kappa shape index (κ1) is 14.4. The number of likely N-dealkylation sites (N-methyl/N-ethyl adjacent to an activating group) is 1. The molecule has 0 aliphatic carbocycles. The van der Waals surface area contributed by atoms with Gasteiger partial charge in [-0.25, -0.2) is 4.98 Å². The third-order valence-corrected chi connectivity index (χ3v) is 4.32. The molecular weight excluding hydrogens is 262 g/mol. The Balaban J connectivity index is 1.97. The first-order valence-electron chi connectivity index (χ1n) is 7.69. The number of hydrogen-bond donors (Lipinski definition) is 1. The summed E-state index contributed by atoms with van der Waals surface area (Å²) in [6.07, 6.45) is 4.13. The fourth-order valence-corrected chi connectivity index (χ4v) is 3.14. The monoisotopic (exact) mass is 287 g/mol. The molecule has 3 rings (SSSR count). The third-order valence-electron chi connectivity index (χ3n) is 4.32. The van der Waals surface area contributed by atoms with Crippen LogP contribution in [0.25, 0.3) is 5.65 Å². The zero-order chi connectivity index (χ0) is 15.0. The van der Waals surface area contributed by atoms with E-state index in [1.165, 1.54) is 12.1 Å². The quantitative estimate of drug-likeness (QED) is 0.922. The molecule has 2 N–H and O–H groups in total. The molecule has 0 aromatic carbocycles. The number of aromatic nitrogens is 2. The van der Waals surface area contributed by atoms with Crippen LogP contribution in [0.5, 0.6) is 0 Å². The molecule has 1 fully saturated rings. The second-order valence-corrected chi connectivity index (χ2v) is 6.34. The molecule has 5 nitrogen and oxygen atoms in total. The Morgan fingerprint density at radius 3 is 2.90 bits per heavy atom. The summed E-state index contributed by atoms with van der Waals surface area (Å²) < 4.78 is 2.18. The minimum Gasteiger partial charge on any atom is -0.353 e. The molecule has 0 saturated carbocycles. The number of fused-ring (bicyclic) bond motifs is 1. The highest BCUT2D eigenvalue weighted by Crippen LogP contribution is 2.27. The fraction of sp³-hybridized carbons (Fsp3) is 0.562. The van der Waals surface area contributed by atoms with E-state index in [0.29, 0.717) is 6.04 Å². The predicted octanol–water partition coefficient (Wildman–Crippen LogP) is 1.36. The van der Waals surface area contributed by atoms with Gasteiger partial charge in [0.15, 0.2) is 5.82 Å². The summed E-state index contributed by atoms with van der Waals surface area (Å²) in [5, 5.41) is 0. The second kappa shape index (κ2) is 5.66. The SMILES string of the molecule is CC(N)Cc1c(N2CCC(N(C)C)C2)nc2ccccn12. The maximum absolute atomic E-state index is 6.05. The van der Waals surface area contributed by atoms with Gasteiger partial charge in [0, 0.05) is 37.8 Å². The van der Waals surface area contributed by atoms with Crippen molar-refractivity contribution in [3.8, 4) is 0 Å². The van der Waals surface area contributed by atoms with Crippen LogP contribution in [0.2, 0.25) is 0 Å². The van der Waals surface area contributed by atoms with Crippen LogP contribution in [-0.4, -0.2) is 53.6 Å². The van der Waals surface area contributed by atoms with E-state index >= 15 is 0 Å². The fourth-order valence-electron chi connectivity index (χ4n) is 3.14. The smallest absolute Gasteiger partial charge is 0.151 e. The van der Waals surface area contributed by atoms with Crippen molar-refractivity contribution in [2.24, 2.45) is 5.73 Å². The molecule has 2 aromatic rings. The van der Waals surface area contributed by atoms with Crippen molar-refractivity contribution in [3.63, 3.8) is 0 Å². The summed E-state index contributed by atoms with van der Waals surface area (Å²) in [6.45, 7) is 4.17. The first-order chi connectivity index (χ1) is 10.1. The van der Waals surface area contributed by atoms with Crippen LogP contribution in [-0.2, 0) is 6.42 Å². The number of nitrogens with two attached hydrogens (primary N) is 1. The zero-order valence-corrected chi connectivity index (χ0v) is 13.2.